The highest BCUT2D eigenvalue weighted by Gasteiger charge is 2.02. The Labute approximate surface area is 132 Å². The van der Waals surface area contributed by atoms with E-state index in [4.69, 9.17) is 4.74 Å². The van der Waals surface area contributed by atoms with E-state index in [1.165, 1.54) is 44.9 Å². The summed E-state index contributed by atoms with van der Waals surface area (Å²) in [7, 11) is 0. The highest BCUT2D eigenvalue weighted by Crippen LogP contribution is 2.03. The van der Waals surface area contributed by atoms with Crippen LogP contribution in [0.2, 0.25) is 0 Å². The molecule has 3 heteroatoms. The van der Waals surface area contributed by atoms with E-state index in [9.17, 15) is 4.79 Å². The Morgan fingerprint density at radius 2 is 1.33 bits per heavy atom. The maximum Gasteiger partial charge on any atom is 0.305 e. The van der Waals surface area contributed by atoms with Crippen molar-refractivity contribution in [1.29, 1.82) is 0 Å². The van der Waals surface area contributed by atoms with Gasteiger partial charge in [0.2, 0.25) is 0 Å². The molecule has 0 radical (unpaired) electrons. The minimum absolute atomic E-state index is 0.0148. The van der Waals surface area contributed by atoms with Gasteiger partial charge >= 0.3 is 5.97 Å². The molecular formula is C18H37NO2. The predicted octanol–water partition coefficient (Wildman–Crippen LogP) is 4.84. The fourth-order valence-electron chi connectivity index (χ4n) is 2.28. The van der Waals surface area contributed by atoms with Crippen molar-refractivity contribution in [3.05, 3.63) is 0 Å². The summed E-state index contributed by atoms with van der Waals surface area (Å²) in [6.07, 6.45) is 13.8. The third kappa shape index (κ3) is 17.4. The van der Waals surface area contributed by atoms with Crippen molar-refractivity contribution in [2.45, 2.75) is 90.9 Å². The van der Waals surface area contributed by atoms with E-state index in [0.29, 0.717) is 13.0 Å². The predicted molar refractivity (Wildman–Crippen MR) is 90.6 cm³/mol. The van der Waals surface area contributed by atoms with Gasteiger partial charge in [-0.1, -0.05) is 58.8 Å². The standard InChI is InChI=1S/C18H37NO2/c1-3-5-7-11-15-19-16-12-9-10-14-18(20)21-17-13-8-6-4-2/h19H,3-17H2,1-2H3. The van der Waals surface area contributed by atoms with Gasteiger partial charge in [0.05, 0.1) is 6.61 Å². The molecule has 0 fully saturated rings. The topological polar surface area (TPSA) is 38.3 Å². The summed E-state index contributed by atoms with van der Waals surface area (Å²) in [5.74, 6) is -0.0148. The zero-order valence-corrected chi connectivity index (χ0v) is 14.4. The van der Waals surface area contributed by atoms with Crippen LogP contribution in [-0.2, 0) is 9.53 Å². The molecular weight excluding hydrogens is 262 g/mol. The first kappa shape index (κ1) is 20.4. The van der Waals surface area contributed by atoms with Gasteiger partial charge in [0.1, 0.15) is 0 Å². The lowest BCUT2D eigenvalue weighted by atomic mass is 10.2. The number of hydrogen-bond acceptors (Lipinski definition) is 3. The summed E-state index contributed by atoms with van der Waals surface area (Å²) in [6.45, 7) is 7.26. The van der Waals surface area contributed by atoms with Gasteiger partial charge in [0.25, 0.3) is 0 Å². The van der Waals surface area contributed by atoms with Crippen LogP contribution in [0.4, 0.5) is 0 Å². The first-order valence-electron chi connectivity index (χ1n) is 9.17. The molecule has 1 N–H and O–H groups in total. The molecule has 0 atom stereocenters. The number of carbonyl (C=O) groups is 1. The second kappa shape index (κ2) is 17.5. The lowest BCUT2D eigenvalue weighted by Crippen LogP contribution is -2.16. The average molecular weight is 299 g/mol. The van der Waals surface area contributed by atoms with Gasteiger partial charge in [-0.2, -0.15) is 0 Å². The molecule has 0 aromatic heterocycles. The van der Waals surface area contributed by atoms with Crippen LogP contribution in [0, 0.1) is 0 Å². The zero-order chi connectivity index (χ0) is 15.6. The fraction of sp³-hybridized carbons (Fsp3) is 0.944. The first-order chi connectivity index (χ1) is 10.3. The highest BCUT2D eigenvalue weighted by atomic mass is 16.5. The van der Waals surface area contributed by atoms with Crippen molar-refractivity contribution in [3.8, 4) is 0 Å². The summed E-state index contributed by atoms with van der Waals surface area (Å²) < 4.78 is 5.22. The number of carbonyl (C=O) groups excluding carboxylic acids is 1. The molecule has 0 saturated heterocycles. The molecule has 3 nitrogen and oxygen atoms in total. The number of nitrogens with one attached hydrogen (secondary N) is 1. The summed E-state index contributed by atoms with van der Waals surface area (Å²) >= 11 is 0. The monoisotopic (exact) mass is 299 g/mol. The van der Waals surface area contributed by atoms with E-state index >= 15 is 0 Å². The Balaban J connectivity index is 3.11. The maximum atomic E-state index is 11.5. The molecule has 21 heavy (non-hydrogen) atoms. The van der Waals surface area contributed by atoms with Crippen LogP contribution >= 0.6 is 0 Å². The minimum atomic E-state index is -0.0148. The van der Waals surface area contributed by atoms with Crippen LogP contribution in [0.15, 0.2) is 0 Å². The van der Waals surface area contributed by atoms with Crippen LogP contribution in [0.25, 0.3) is 0 Å². The minimum Gasteiger partial charge on any atom is -0.466 e. The molecule has 126 valence electrons. The largest absolute Gasteiger partial charge is 0.466 e. The smallest absolute Gasteiger partial charge is 0.305 e. The second-order valence-corrected chi connectivity index (χ2v) is 5.90. The molecule has 0 rings (SSSR count). The lowest BCUT2D eigenvalue weighted by molar-refractivity contribution is -0.143. The third-order valence-electron chi connectivity index (χ3n) is 3.70. The Morgan fingerprint density at radius 3 is 1.95 bits per heavy atom. The highest BCUT2D eigenvalue weighted by molar-refractivity contribution is 5.69. The summed E-state index contributed by atoms with van der Waals surface area (Å²) in [5.41, 5.74) is 0. The van der Waals surface area contributed by atoms with Crippen LogP contribution in [-0.4, -0.2) is 25.7 Å². The quantitative estimate of drug-likeness (QED) is 0.327. The van der Waals surface area contributed by atoms with Crippen molar-refractivity contribution >= 4 is 5.97 Å². The molecule has 0 aliphatic rings. The average Bonchev–Trinajstić information content (AvgIpc) is 2.49. The molecule has 0 unspecified atom stereocenters. The number of ether oxygens (including phenoxy) is 1. The van der Waals surface area contributed by atoms with Gasteiger partial charge in [-0.05, 0) is 38.8 Å². The Bertz CT molecular complexity index is 219. The molecule has 0 aromatic carbocycles. The first-order valence-corrected chi connectivity index (χ1v) is 9.17. The second-order valence-electron chi connectivity index (χ2n) is 5.90. The molecule has 0 aliphatic heterocycles. The molecule has 0 aliphatic carbocycles. The van der Waals surface area contributed by atoms with E-state index in [1.54, 1.807) is 0 Å². The van der Waals surface area contributed by atoms with Crippen molar-refractivity contribution in [1.82, 2.24) is 5.32 Å². The van der Waals surface area contributed by atoms with Crippen molar-refractivity contribution < 1.29 is 9.53 Å². The normalized spacial score (nSPS) is 10.8. The van der Waals surface area contributed by atoms with Gasteiger partial charge in [0.15, 0.2) is 0 Å². The van der Waals surface area contributed by atoms with Crippen LogP contribution in [0.5, 0.6) is 0 Å². The van der Waals surface area contributed by atoms with Crippen LogP contribution in [0.1, 0.15) is 90.9 Å². The number of unbranched alkanes of at least 4 members (excludes halogenated alkanes) is 8. The van der Waals surface area contributed by atoms with Gasteiger partial charge in [0, 0.05) is 6.42 Å². The van der Waals surface area contributed by atoms with Gasteiger partial charge < -0.3 is 10.1 Å². The van der Waals surface area contributed by atoms with E-state index in [1.807, 2.05) is 0 Å². The number of rotatable bonds is 16. The molecule has 0 aromatic rings. The van der Waals surface area contributed by atoms with Crippen molar-refractivity contribution in [2.75, 3.05) is 19.7 Å². The van der Waals surface area contributed by atoms with Crippen molar-refractivity contribution in [2.24, 2.45) is 0 Å². The van der Waals surface area contributed by atoms with Crippen LogP contribution < -0.4 is 5.32 Å². The Kier molecular flexibility index (Phi) is 17.0. The van der Waals surface area contributed by atoms with Gasteiger partial charge in [-0.3, -0.25) is 4.79 Å². The Hall–Kier alpha value is -0.570. The zero-order valence-electron chi connectivity index (χ0n) is 14.4. The van der Waals surface area contributed by atoms with Crippen LogP contribution in [0.3, 0.4) is 0 Å². The van der Waals surface area contributed by atoms with E-state index in [2.05, 4.69) is 19.2 Å². The number of hydrogen-bond donors (Lipinski definition) is 1. The molecule has 0 heterocycles. The maximum absolute atomic E-state index is 11.5. The number of esters is 1. The SMILES string of the molecule is CCCCCCNCCCCCC(=O)OCCCCCC. The van der Waals surface area contributed by atoms with E-state index in [-0.39, 0.29) is 5.97 Å². The molecule has 0 saturated carbocycles. The Morgan fingerprint density at radius 1 is 0.762 bits per heavy atom. The summed E-state index contributed by atoms with van der Waals surface area (Å²) in [4.78, 5) is 11.5. The van der Waals surface area contributed by atoms with E-state index < -0.39 is 0 Å². The lowest BCUT2D eigenvalue weighted by Gasteiger charge is -2.06. The summed E-state index contributed by atoms with van der Waals surface area (Å²) in [6, 6.07) is 0. The third-order valence-corrected chi connectivity index (χ3v) is 3.70. The van der Waals surface area contributed by atoms with Crippen molar-refractivity contribution in [3.63, 3.8) is 0 Å². The molecule has 0 bridgehead atoms. The fourth-order valence-corrected chi connectivity index (χ4v) is 2.28. The summed E-state index contributed by atoms with van der Waals surface area (Å²) in [5, 5.41) is 3.47. The molecule has 0 spiro atoms. The van der Waals surface area contributed by atoms with E-state index in [0.717, 1.165) is 38.8 Å². The van der Waals surface area contributed by atoms with Gasteiger partial charge in [-0.15, -0.1) is 0 Å². The molecule has 0 amide bonds. The van der Waals surface area contributed by atoms with Gasteiger partial charge in [-0.25, -0.2) is 0 Å².